The highest BCUT2D eigenvalue weighted by Gasteiger charge is 2.30. The smallest absolute Gasteiger partial charge is 0.416 e. The molecule has 0 unspecified atom stereocenters. The molecule has 136 valence electrons. The summed E-state index contributed by atoms with van der Waals surface area (Å²) in [6, 6.07) is 11.1. The number of anilines is 1. The van der Waals surface area contributed by atoms with Crippen LogP contribution in [0.3, 0.4) is 0 Å². The summed E-state index contributed by atoms with van der Waals surface area (Å²) in [7, 11) is 0. The highest BCUT2D eigenvalue weighted by atomic mass is 32.2. The molecule has 0 saturated carbocycles. The van der Waals surface area contributed by atoms with Crippen molar-refractivity contribution in [3.05, 3.63) is 65.2 Å². The van der Waals surface area contributed by atoms with Gasteiger partial charge in [-0.15, -0.1) is 0 Å². The van der Waals surface area contributed by atoms with Gasteiger partial charge in [0.1, 0.15) is 17.2 Å². The molecule has 0 radical (unpaired) electrons. The predicted octanol–water partition coefficient (Wildman–Crippen LogP) is 4.71. The van der Waals surface area contributed by atoms with Gasteiger partial charge < -0.3 is 10.4 Å². The van der Waals surface area contributed by atoms with Gasteiger partial charge in [-0.2, -0.15) is 23.7 Å². The number of nitrogens with zero attached hydrogens (tertiary/aromatic N) is 2. The number of aliphatic hydroxyl groups excluding tert-OH is 1. The Hall–Kier alpha value is -3.43. The Morgan fingerprint density at radius 2 is 1.63 bits per heavy atom. The summed E-state index contributed by atoms with van der Waals surface area (Å²) in [6.45, 7) is 0. The standard InChI is InChI=1S/C18H10F3N3O2S/c19-18(20,21)12-3-1-11(2-4-12)16(25)15(9-22)17(26)24-13-5-7-14(8-6-13)27-10-23/h1-8,25H,(H,24,26)/b16-15-. The van der Waals surface area contributed by atoms with Gasteiger partial charge in [0, 0.05) is 16.1 Å². The average molecular weight is 389 g/mol. The van der Waals surface area contributed by atoms with Crippen molar-refractivity contribution in [2.24, 2.45) is 0 Å². The van der Waals surface area contributed by atoms with Crippen LogP contribution >= 0.6 is 11.8 Å². The van der Waals surface area contributed by atoms with E-state index >= 15 is 0 Å². The van der Waals surface area contributed by atoms with Crippen LogP contribution in [0.1, 0.15) is 11.1 Å². The van der Waals surface area contributed by atoms with E-state index in [-0.39, 0.29) is 5.56 Å². The molecular weight excluding hydrogens is 379 g/mol. The SMILES string of the molecule is N#CSc1ccc(NC(=O)/C(C#N)=C(\O)c2ccc(C(F)(F)F)cc2)cc1. The molecule has 2 rings (SSSR count). The van der Waals surface area contributed by atoms with E-state index < -0.39 is 29.0 Å². The Balaban J connectivity index is 2.24. The molecule has 9 heteroatoms. The Morgan fingerprint density at radius 1 is 1.04 bits per heavy atom. The number of rotatable bonds is 4. The summed E-state index contributed by atoms with van der Waals surface area (Å²) in [6.07, 6.45) is -4.54. The highest BCUT2D eigenvalue weighted by Crippen LogP contribution is 2.30. The molecule has 0 spiro atoms. The zero-order chi connectivity index (χ0) is 20.0. The zero-order valence-corrected chi connectivity index (χ0v) is 14.2. The molecular formula is C18H10F3N3O2S. The minimum absolute atomic E-state index is 0.101. The van der Waals surface area contributed by atoms with Gasteiger partial charge in [0.15, 0.2) is 5.57 Å². The van der Waals surface area contributed by atoms with Crippen molar-refractivity contribution >= 4 is 29.1 Å². The fourth-order valence-corrected chi connectivity index (χ4v) is 2.40. The van der Waals surface area contributed by atoms with Crippen molar-refractivity contribution in [3.63, 3.8) is 0 Å². The normalized spacial score (nSPS) is 11.7. The number of nitriles is 2. The number of nitrogens with one attached hydrogen (secondary N) is 1. The van der Waals surface area contributed by atoms with Crippen LogP contribution in [0.4, 0.5) is 18.9 Å². The fourth-order valence-electron chi connectivity index (χ4n) is 2.03. The number of amides is 1. The average Bonchev–Trinajstić information content (AvgIpc) is 2.63. The zero-order valence-electron chi connectivity index (χ0n) is 13.4. The van der Waals surface area contributed by atoms with E-state index in [1.807, 2.05) is 5.40 Å². The molecule has 1 amide bonds. The number of hydrogen-bond acceptors (Lipinski definition) is 5. The number of alkyl halides is 3. The molecule has 2 aromatic rings. The number of thioether (sulfide) groups is 1. The van der Waals surface area contributed by atoms with Crippen LogP contribution < -0.4 is 5.32 Å². The molecule has 0 atom stereocenters. The van der Waals surface area contributed by atoms with Gasteiger partial charge in [0.2, 0.25) is 0 Å². The first-order valence-electron chi connectivity index (χ1n) is 7.24. The van der Waals surface area contributed by atoms with E-state index in [4.69, 9.17) is 10.5 Å². The Labute approximate surface area is 156 Å². The maximum absolute atomic E-state index is 12.6. The first kappa shape index (κ1) is 19.9. The maximum Gasteiger partial charge on any atom is 0.416 e. The third kappa shape index (κ3) is 5.03. The van der Waals surface area contributed by atoms with Crippen LogP contribution in [-0.2, 0) is 11.0 Å². The van der Waals surface area contributed by atoms with E-state index in [1.165, 1.54) is 12.1 Å². The van der Waals surface area contributed by atoms with Crippen molar-refractivity contribution in [2.75, 3.05) is 5.32 Å². The topological polar surface area (TPSA) is 96.9 Å². The molecule has 0 aromatic heterocycles. The quantitative estimate of drug-likeness (QED) is 0.260. The number of aliphatic hydroxyl groups is 1. The van der Waals surface area contributed by atoms with E-state index in [1.54, 1.807) is 18.2 Å². The molecule has 2 aromatic carbocycles. The Bertz CT molecular complexity index is 954. The van der Waals surface area contributed by atoms with E-state index in [0.29, 0.717) is 10.6 Å². The van der Waals surface area contributed by atoms with E-state index in [9.17, 15) is 23.1 Å². The van der Waals surface area contributed by atoms with E-state index in [0.717, 1.165) is 36.0 Å². The van der Waals surface area contributed by atoms with Crippen LogP contribution in [0.15, 0.2) is 59.0 Å². The number of benzene rings is 2. The van der Waals surface area contributed by atoms with Crippen LogP contribution in [-0.4, -0.2) is 11.0 Å². The Morgan fingerprint density at radius 3 is 2.11 bits per heavy atom. The predicted molar refractivity (Wildman–Crippen MR) is 93.1 cm³/mol. The molecule has 0 heterocycles. The summed E-state index contributed by atoms with van der Waals surface area (Å²) in [5.74, 6) is -1.66. The van der Waals surface area contributed by atoms with Gasteiger partial charge in [-0.05, 0) is 48.2 Å². The minimum atomic E-state index is -4.54. The van der Waals surface area contributed by atoms with Gasteiger partial charge in [-0.25, -0.2) is 0 Å². The van der Waals surface area contributed by atoms with Crippen molar-refractivity contribution in [2.45, 2.75) is 11.1 Å². The highest BCUT2D eigenvalue weighted by molar-refractivity contribution is 8.03. The van der Waals surface area contributed by atoms with Gasteiger partial charge in [-0.1, -0.05) is 12.1 Å². The molecule has 27 heavy (non-hydrogen) atoms. The maximum atomic E-state index is 12.6. The second-order valence-electron chi connectivity index (χ2n) is 5.08. The first-order chi connectivity index (χ1) is 12.8. The van der Waals surface area contributed by atoms with Crippen LogP contribution in [0, 0.1) is 22.0 Å². The summed E-state index contributed by atoms with van der Waals surface area (Å²) in [5.41, 5.74) is -1.35. The van der Waals surface area contributed by atoms with Gasteiger partial charge in [-0.3, -0.25) is 4.79 Å². The second-order valence-corrected chi connectivity index (χ2v) is 5.94. The third-order valence-electron chi connectivity index (χ3n) is 3.34. The molecule has 0 aliphatic carbocycles. The van der Waals surface area contributed by atoms with Crippen molar-refractivity contribution in [3.8, 4) is 11.5 Å². The summed E-state index contributed by atoms with van der Waals surface area (Å²) in [4.78, 5) is 12.9. The lowest BCUT2D eigenvalue weighted by atomic mass is 10.1. The monoisotopic (exact) mass is 389 g/mol. The summed E-state index contributed by atoms with van der Waals surface area (Å²) >= 11 is 0.930. The summed E-state index contributed by atoms with van der Waals surface area (Å²) < 4.78 is 37.7. The fraction of sp³-hybridized carbons (Fsp3) is 0.0556. The minimum Gasteiger partial charge on any atom is -0.506 e. The molecule has 0 aliphatic heterocycles. The lowest BCUT2D eigenvalue weighted by Gasteiger charge is -2.09. The van der Waals surface area contributed by atoms with Gasteiger partial charge in [0.25, 0.3) is 5.91 Å². The first-order valence-corrected chi connectivity index (χ1v) is 8.06. The van der Waals surface area contributed by atoms with Crippen LogP contribution in [0.2, 0.25) is 0 Å². The number of hydrogen-bond donors (Lipinski definition) is 2. The largest absolute Gasteiger partial charge is 0.506 e. The molecule has 5 nitrogen and oxygen atoms in total. The number of halogens is 3. The molecule has 0 fully saturated rings. The lowest BCUT2D eigenvalue weighted by Crippen LogP contribution is -2.15. The molecule has 0 bridgehead atoms. The van der Waals surface area contributed by atoms with Crippen molar-refractivity contribution in [1.29, 1.82) is 10.5 Å². The lowest BCUT2D eigenvalue weighted by molar-refractivity contribution is -0.137. The second kappa shape index (κ2) is 8.30. The number of thiocyanates is 1. The summed E-state index contributed by atoms with van der Waals surface area (Å²) in [5, 5.41) is 32.1. The molecule has 2 N–H and O–H groups in total. The van der Waals surface area contributed by atoms with E-state index in [2.05, 4.69) is 5.32 Å². The third-order valence-corrected chi connectivity index (χ3v) is 3.94. The van der Waals surface area contributed by atoms with Crippen molar-refractivity contribution in [1.82, 2.24) is 0 Å². The number of carbonyl (C=O) groups excluding carboxylic acids is 1. The number of carbonyl (C=O) groups is 1. The Kier molecular flexibility index (Phi) is 6.11. The molecule has 0 saturated heterocycles. The molecule has 0 aliphatic rings. The van der Waals surface area contributed by atoms with Crippen molar-refractivity contribution < 1.29 is 23.1 Å². The van der Waals surface area contributed by atoms with Gasteiger partial charge in [0.05, 0.1) is 5.56 Å². The van der Waals surface area contributed by atoms with Crippen LogP contribution in [0.25, 0.3) is 5.76 Å². The van der Waals surface area contributed by atoms with Crippen LogP contribution in [0.5, 0.6) is 0 Å². The van der Waals surface area contributed by atoms with Gasteiger partial charge >= 0.3 is 6.18 Å².